The molecule has 1 heterocycles. The smallest absolute Gasteiger partial charge is 0.419 e. The second kappa shape index (κ2) is 5.17. The van der Waals surface area contributed by atoms with Crippen molar-refractivity contribution in [2.45, 2.75) is 6.42 Å². The van der Waals surface area contributed by atoms with Gasteiger partial charge < -0.3 is 14.1 Å². The second-order valence-corrected chi connectivity index (χ2v) is 4.37. The van der Waals surface area contributed by atoms with Gasteiger partial charge in [-0.3, -0.25) is 4.57 Å². The Morgan fingerprint density at radius 3 is 2.89 bits per heavy atom. The number of carbonyl (C=O) groups excluding carboxylic acids is 1. The summed E-state index contributed by atoms with van der Waals surface area (Å²) in [7, 11) is 4.70. The standard InChI is InChI=1S/C13H16N2O4/c1-14(12(16)18-3)7-6-9-4-5-11-10(8-9)15(2)13(17)19-11/h4-5,8H,6-7H2,1-3H3. The summed E-state index contributed by atoms with van der Waals surface area (Å²) in [5.41, 5.74) is 2.35. The van der Waals surface area contributed by atoms with E-state index in [0.717, 1.165) is 11.1 Å². The number of oxazole rings is 1. The van der Waals surface area contributed by atoms with Gasteiger partial charge >= 0.3 is 11.8 Å². The third kappa shape index (κ3) is 2.62. The first-order chi connectivity index (χ1) is 9.02. The average Bonchev–Trinajstić information content (AvgIpc) is 2.70. The van der Waals surface area contributed by atoms with Gasteiger partial charge in [0.05, 0.1) is 12.6 Å². The maximum absolute atomic E-state index is 11.4. The van der Waals surface area contributed by atoms with Crippen molar-refractivity contribution in [2.24, 2.45) is 7.05 Å². The van der Waals surface area contributed by atoms with Crippen molar-refractivity contribution in [1.82, 2.24) is 9.47 Å². The lowest BCUT2D eigenvalue weighted by Gasteiger charge is -2.15. The maximum Gasteiger partial charge on any atom is 0.419 e. The van der Waals surface area contributed by atoms with Crippen LogP contribution in [0.15, 0.2) is 27.4 Å². The number of rotatable bonds is 3. The maximum atomic E-state index is 11.4. The van der Waals surface area contributed by atoms with Crippen molar-refractivity contribution in [1.29, 1.82) is 0 Å². The Balaban J connectivity index is 2.16. The van der Waals surface area contributed by atoms with Gasteiger partial charge in [-0.25, -0.2) is 9.59 Å². The van der Waals surface area contributed by atoms with E-state index in [1.165, 1.54) is 16.6 Å². The van der Waals surface area contributed by atoms with E-state index in [0.29, 0.717) is 18.5 Å². The number of benzene rings is 1. The molecule has 2 rings (SSSR count). The molecule has 0 aliphatic heterocycles. The van der Waals surface area contributed by atoms with Crippen LogP contribution in [0.4, 0.5) is 4.79 Å². The van der Waals surface area contributed by atoms with E-state index in [1.54, 1.807) is 20.2 Å². The lowest BCUT2D eigenvalue weighted by atomic mass is 10.1. The third-order valence-corrected chi connectivity index (χ3v) is 3.08. The first-order valence-electron chi connectivity index (χ1n) is 5.90. The topological polar surface area (TPSA) is 64.7 Å². The molecule has 0 radical (unpaired) electrons. The molecule has 0 saturated carbocycles. The van der Waals surface area contributed by atoms with Gasteiger partial charge in [-0.1, -0.05) is 6.07 Å². The van der Waals surface area contributed by atoms with Crippen molar-refractivity contribution in [2.75, 3.05) is 20.7 Å². The molecule has 0 spiro atoms. The number of amides is 1. The molecular weight excluding hydrogens is 248 g/mol. The Morgan fingerprint density at radius 1 is 1.47 bits per heavy atom. The van der Waals surface area contributed by atoms with Gasteiger partial charge in [0.1, 0.15) is 0 Å². The molecule has 1 aromatic carbocycles. The van der Waals surface area contributed by atoms with Gasteiger partial charge in [0.2, 0.25) is 0 Å². The summed E-state index contributed by atoms with van der Waals surface area (Å²) in [6.45, 7) is 0.546. The Kier molecular flexibility index (Phi) is 3.59. The molecule has 6 heteroatoms. The zero-order valence-electron chi connectivity index (χ0n) is 11.2. The van der Waals surface area contributed by atoms with E-state index in [9.17, 15) is 9.59 Å². The molecule has 0 fully saturated rings. The van der Waals surface area contributed by atoms with E-state index in [4.69, 9.17) is 4.42 Å². The van der Waals surface area contributed by atoms with Crippen molar-refractivity contribution in [3.8, 4) is 0 Å². The van der Waals surface area contributed by atoms with Crippen molar-refractivity contribution in [3.05, 3.63) is 34.3 Å². The van der Waals surface area contributed by atoms with E-state index in [-0.39, 0.29) is 11.8 Å². The fraction of sp³-hybridized carbons (Fsp3) is 0.385. The molecule has 0 aliphatic rings. The lowest BCUT2D eigenvalue weighted by molar-refractivity contribution is 0.134. The fourth-order valence-corrected chi connectivity index (χ4v) is 1.87. The Hall–Kier alpha value is -2.24. The van der Waals surface area contributed by atoms with Crippen molar-refractivity contribution in [3.63, 3.8) is 0 Å². The van der Waals surface area contributed by atoms with Crippen LogP contribution in [0.3, 0.4) is 0 Å². The van der Waals surface area contributed by atoms with Crippen LogP contribution in [0.1, 0.15) is 5.56 Å². The van der Waals surface area contributed by atoms with Crippen LogP contribution in [0.5, 0.6) is 0 Å². The summed E-state index contributed by atoms with van der Waals surface area (Å²) in [5.74, 6) is -0.376. The van der Waals surface area contributed by atoms with E-state index >= 15 is 0 Å². The van der Waals surface area contributed by atoms with E-state index in [1.807, 2.05) is 12.1 Å². The number of aryl methyl sites for hydroxylation is 1. The van der Waals surface area contributed by atoms with Crippen molar-refractivity contribution >= 4 is 17.2 Å². The molecule has 2 aromatic rings. The van der Waals surface area contributed by atoms with Gasteiger partial charge in [0.15, 0.2) is 5.58 Å². The molecule has 0 atom stereocenters. The van der Waals surface area contributed by atoms with Gasteiger partial charge in [-0.05, 0) is 24.1 Å². The highest BCUT2D eigenvalue weighted by Gasteiger charge is 2.09. The predicted molar refractivity (Wildman–Crippen MR) is 70.2 cm³/mol. The number of hydrogen-bond donors (Lipinski definition) is 0. The van der Waals surface area contributed by atoms with Crippen LogP contribution in [-0.2, 0) is 18.2 Å². The van der Waals surface area contributed by atoms with Gasteiger partial charge in [0, 0.05) is 20.6 Å². The highest BCUT2D eigenvalue weighted by atomic mass is 16.5. The molecular formula is C13H16N2O4. The summed E-state index contributed by atoms with van der Waals surface area (Å²) in [5, 5.41) is 0. The average molecular weight is 264 g/mol. The van der Waals surface area contributed by atoms with Crippen LogP contribution < -0.4 is 5.76 Å². The normalized spacial score (nSPS) is 10.7. The first kappa shape index (κ1) is 13.2. The Bertz CT molecular complexity index is 656. The summed E-state index contributed by atoms with van der Waals surface area (Å²) in [6, 6.07) is 5.55. The molecule has 0 bridgehead atoms. The number of fused-ring (bicyclic) bond motifs is 1. The van der Waals surface area contributed by atoms with Crippen molar-refractivity contribution < 1.29 is 13.9 Å². The van der Waals surface area contributed by atoms with Crippen LogP contribution in [0.25, 0.3) is 11.1 Å². The number of carbonyl (C=O) groups is 1. The number of aromatic nitrogens is 1. The van der Waals surface area contributed by atoms with Gasteiger partial charge in [0.25, 0.3) is 0 Å². The van der Waals surface area contributed by atoms with Gasteiger partial charge in [-0.15, -0.1) is 0 Å². The largest absolute Gasteiger partial charge is 0.453 e. The molecule has 6 nitrogen and oxygen atoms in total. The minimum atomic E-state index is -0.376. The zero-order chi connectivity index (χ0) is 14.0. The SMILES string of the molecule is COC(=O)N(C)CCc1ccc2oc(=O)n(C)c2c1. The molecule has 0 unspecified atom stereocenters. The monoisotopic (exact) mass is 264 g/mol. The zero-order valence-corrected chi connectivity index (χ0v) is 11.2. The van der Waals surface area contributed by atoms with Crippen LogP contribution in [0, 0.1) is 0 Å². The third-order valence-electron chi connectivity index (χ3n) is 3.08. The summed E-state index contributed by atoms with van der Waals surface area (Å²) < 4.78 is 11.1. The van der Waals surface area contributed by atoms with Crippen LogP contribution >= 0.6 is 0 Å². The molecule has 102 valence electrons. The van der Waals surface area contributed by atoms with Crippen LogP contribution in [0.2, 0.25) is 0 Å². The fourth-order valence-electron chi connectivity index (χ4n) is 1.87. The Labute approximate surface area is 110 Å². The highest BCUT2D eigenvalue weighted by Crippen LogP contribution is 2.14. The minimum absolute atomic E-state index is 0.364. The summed E-state index contributed by atoms with van der Waals surface area (Å²) in [6.07, 6.45) is 0.317. The number of ether oxygens (including phenoxy) is 1. The second-order valence-electron chi connectivity index (χ2n) is 4.37. The van der Waals surface area contributed by atoms with E-state index in [2.05, 4.69) is 4.74 Å². The predicted octanol–water partition coefficient (Wildman–Crippen LogP) is 1.37. The first-order valence-corrected chi connectivity index (χ1v) is 5.90. The summed E-state index contributed by atoms with van der Waals surface area (Å²) >= 11 is 0. The number of likely N-dealkylation sites (N-methyl/N-ethyl adjacent to an activating group) is 1. The number of nitrogens with zero attached hydrogens (tertiary/aromatic N) is 2. The Morgan fingerprint density at radius 2 is 2.21 bits per heavy atom. The molecule has 1 aromatic heterocycles. The molecule has 1 amide bonds. The van der Waals surface area contributed by atoms with Gasteiger partial charge in [-0.2, -0.15) is 0 Å². The van der Waals surface area contributed by atoms with Crippen LogP contribution in [-0.4, -0.2) is 36.3 Å². The number of hydrogen-bond acceptors (Lipinski definition) is 4. The highest BCUT2D eigenvalue weighted by molar-refractivity contribution is 5.73. The minimum Gasteiger partial charge on any atom is -0.453 e. The summed E-state index contributed by atoms with van der Waals surface area (Å²) in [4.78, 5) is 24.1. The molecule has 0 N–H and O–H groups in total. The quantitative estimate of drug-likeness (QED) is 0.840. The molecule has 0 saturated heterocycles. The van der Waals surface area contributed by atoms with E-state index < -0.39 is 0 Å². The lowest BCUT2D eigenvalue weighted by Crippen LogP contribution is -2.28. The molecule has 0 aliphatic carbocycles. The number of methoxy groups -OCH3 is 1. The molecule has 19 heavy (non-hydrogen) atoms.